The average molecular weight is 210 g/mol. The van der Waals surface area contributed by atoms with E-state index in [1.54, 1.807) is 0 Å². The molecule has 0 radical (unpaired) electrons. The van der Waals surface area contributed by atoms with Crippen LogP contribution in [0, 0.1) is 5.92 Å². The molecule has 3 N–H and O–H groups in total. The predicted molar refractivity (Wildman–Crippen MR) is 47.0 cm³/mol. The van der Waals surface area contributed by atoms with Crippen LogP contribution in [0.25, 0.3) is 0 Å². The molecule has 6 heteroatoms. The molecule has 0 aromatic heterocycles. The second-order valence-corrected chi connectivity index (χ2v) is 2.91. The molecule has 1 rings (SSSR count). The van der Waals surface area contributed by atoms with Gasteiger partial charge in [-0.1, -0.05) is 0 Å². The Bertz CT molecular complexity index is 179. The molecule has 1 heterocycles. The molecule has 0 aromatic carbocycles. The zero-order valence-corrected chi connectivity index (χ0v) is 7.71. The van der Waals surface area contributed by atoms with E-state index in [4.69, 9.17) is 10.2 Å². The Balaban J connectivity index is 0.00000144. The first kappa shape index (κ1) is 12.2. The first-order chi connectivity index (χ1) is 5.61. The standard InChI is InChI=1S/C7H11NO4.ClH/c9-6(10)4-1-2-5(7(11)12)8-3-4;/h4-5,8H,1-3H2,(H,9,10)(H,11,12);1H/t4-,5+;/m1./s1. The molecule has 1 aliphatic heterocycles. The number of hydrogen-bond donors (Lipinski definition) is 3. The zero-order chi connectivity index (χ0) is 9.14. The van der Waals surface area contributed by atoms with Crippen molar-refractivity contribution in [2.24, 2.45) is 5.92 Å². The summed E-state index contributed by atoms with van der Waals surface area (Å²) in [5.41, 5.74) is 0. The molecule has 0 spiro atoms. The van der Waals surface area contributed by atoms with Crippen LogP contribution in [-0.4, -0.2) is 34.7 Å². The van der Waals surface area contributed by atoms with Gasteiger partial charge in [-0.3, -0.25) is 9.59 Å². The predicted octanol–water partition coefficient (Wildman–Crippen LogP) is -0.0544. The molecule has 0 bridgehead atoms. The lowest BCUT2D eigenvalue weighted by molar-refractivity contribution is -0.146. The third-order valence-electron chi connectivity index (χ3n) is 2.06. The molecule has 1 aliphatic rings. The highest BCUT2D eigenvalue weighted by atomic mass is 35.5. The third kappa shape index (κ3) is 3.20. The van der Waals surface area contributed by atoms with E-state index in [0.29, 0.717) is 12.8 Å². The number of carbonyl (C=O) groups is 2. The quantitative estimate of drug-likeness (QED) is 0.594. The van der Waals surface area contributed by atoms with Crippen LogP contribution >= 0.6 is 12.4 Å². The van der Waals surface area contributed by atoms with E-state index in [-0.39, 0.29) is 19.0 Å². The fourth-order valence-corrected chi connectivity index (χ4v) is 1.28. The van der Waals surface area contributed by atoms with Gasteiger partial charge in [0.25, 0.3) is 0 Å². The smallest absolute Gasteiger partial charge is 0.320 e. The summed E-state index contributed by atoms with van der Waals surface area (Å²) in [6.07, 6.45) is 0.839. The Morgan fingerprint density at radius 2 is 1.77 bits per heavy atom. The summed E-state index contributed by atoms with van der Waals surface area (Å²) < 4.78 is 0. The minimum Gasteiger partial charge on any atom is -0.481 e. The summed E-state index contributed by atoms with van der Waals surface area (Å²) in [6, 6.07) is -0.569. The minimum atomic E-state index is -0.904. The van der Waals surface area contributed by atoms with E-state index in [1.165, 1.54) is 0 Å². The van der Waals surface area contributed by atoms with Gasteiger partial charge in [0, 0.05) is 6.54 Å². The van der Waals surface area contributed by atoms with Gasteiger partial charge in [0.15, 0.2) is 0 Å². The second kappa shape index (κ2) is 5.04. The van der Waals surface area contributed by atoms with E-state index >= 15 is 0 Å². The summed E-state index contributed by atoms with van der Waals surface area (Å²) in [5.74, 6) is -2.19. The molecule has 0 aliphatic carbocycles. The normalized spacial score (nSPS) is 27.4. The van der Waals surface area contributed by atoms with Gasteiger partial charge >= 0.3 is 11.9 Å². The van der Waals surface area contributed by atoms with Gasteiger partial charge in [-0.05, 0) is 12.8 Å². The Kier molecular flexibility index (Phi) is 4.72. The van der Waals surface area contributed by atoms with Crippen LogP contribution in [0.2, 0.25) is 0 Å². The first-order valence-corrected chi connectivity index (χ1v) is 3.80. The average Bonchev–Trinajstić information content (AvgIpc) is 2.04. The molecule has 2 atom stereocenters. The van der Waals surface area contributed by atoms with Crippen LogP contribution in [0.1, 0.15) is 12.8 Å². The van der Waals surface area contributed by atoms with Gasteiger partial charge in [-0.25, -0.2) is 0 Å². The number of carboxylic acids is 2. The topological polar surface area (TPSA) is 86.6 Å². The number of aliphatic carboxylic acids is 2. The highest BCUT2D eigenvalue weighted by Crippen LogP contribution is 2.14. The molecule has 0 unspecified atom stereocenters. The SMILES string of the molecule is Cl.O=C(O)[C@@H]1CC[C@@H](C(=O)O)NC1. The monoisotopic (exact) mass is 209 g/mol. The summed E-state index contributed by atoms with van der Waals surface area (Å²) in [5, 5.41) is 19.8. The number of piperidine rings is 1. The van der Waals surface area contributed by atoms with E-state index in [9.17, 15) is 9.59 Å². The second-order valence-electron chi connectivity index (χ2n) is 2.91. The van der Waals surface area contributed by atoms with Gasteiger partial charge in [0.05, 0.1) is 5.92 Å². The van der Waals surface area contributed by atoms with E-state index in [1.807, 2.05) is 0 Å². The maximum atomic E-state index is 10.4. The van der Waals surface area contributed by atoms with Gasteiger partial charge < -0.3 is 15.5 Å². The third-order valence-corrected chi connectivity index (χ3v) is 2.06. The van der Waals surface area contributed by atoms with Crippen molar-refractivity contribution >= 4 is 24.3 Å². The number of hydrogen-bond acceptors (Lipinski definition) is 3. The van der Waals surface area contributed by atoms with Gasteiger partial charge in [0.2, 0.25) is 0 Å². The Labute approximate surface area is 81.5 Å². The lowest BCUT2D eigenvalue weighted by atomic mass is 9.95. The zero-order valence-electron chi connectivity index (χ0n) is 6.90. The fourth-order valence-electron chi connectivity index (χ4n) is 1.28. The summed E-state index contributed by atoms with van der Waals surface area (Å²) >= 11 is 0. The van der Waals surface area contributed by atoms with Crippen molar-refractivity contribution in [3.63, 3.8) is 0 Å². The van der Waals surface area contributed by atoms with Crippen LogP contribution in [0.4, 0.5) is 0 Å². The van der Waals surface area contributed by atoms with Crippen molar-refractivity contribution in [1.82, 2.24) is 5.32 Å². The molecular weight excluding hydrogens is 198 g/mol. The fraction of sp³-hybridized carbons (Fsp3) is 0.714. The molecule has 0 saturated carbocycles. The van der Waals surface area contributed by atoms with Crippen LogP contribution < -0.4 is 5.32 Å². The van der Waals surface area contributed by atoms with Crippen molar-refractivity contribution in [2.45, 2.75) is 18.9 Å². The molecule has 0 amide bonds. The van der Waals surface area contributed by atoms with E-state index in [2.05, 4.69) is 5.32 Å². The number of nitrogens with one attached hydrogen (secondary N) is 1. The Morgan fingerprint density at radius 1 is 1.15 bits per heavy atom. The van der Waals surface area contributed by atoms with Crippen LogP contribution in [0.15, 0.2) is 0 Å². The highest BCUT2D eigenvalue weighted by molar-refractivity contribution is 5.85. The number of rotatable bonds is 2. The molecular formula is C7H12ClNO4. The van der Waals surface area contributed by atoms with Crippen LogP contribution in [0.3, 0.4) is 0 Å². The van der Waals surface area contributed by atoms with E-state index in [0.717, 1.165) is 0 Å². The molecule has 1 saturated heterocycles. The maximum Gasteiger partial charge on any atom is 0.320 e. The molecule has 0 aromatic rings. The number of halogens is 1. The summed E-state index contributed by atoms with van der Waals surface area (Å²) in [7, 11) is 0. The largest absolute Gasteiger partial charge is 0.481 e. The van der Waals surface area contributed by atoms with Crippen molar-refractivity contribution in [2.75, 3.05) is 6.54 Å². The molecule has 13 heavy (non-hydrogen) atoms. The highest BCUT2D eigenvalue weighted by Gasteiger charge is 2.28. The Hall–Kier alpha value is -0.810. The molecule has 5 nitrogen and oxygen atoms in total. The van der Waals surface area contributed by atoms with Crippen molar-refractivity contribution in [3.8, 4) is 0 Å². The van der Waals surface area contributed by atoms with Crippen molar-refractivity contribution < 1.29 is 19.8 Å². The molecule has 1 fully saturated rings. The number of carboxylic acid groups (broad SMARTS) is 2. The lowest BCUT2D eigenvalue weighted by Gasteiger charge is -2.24. The van der Waals surface area contributed by atoms with Gasteiger partial charge in [0.1, 0.15) is 6.04 Å². The first-order valence-electron chi connectivity index (χ1n) is 3.80. The van der Waals surface area contributed by atoms with Crippen LogP contribution in [0.5, 0.6) is 0 Å². The Morgan fingerprint density at radius 3 is 2.08 bits per heavy atom. The maximum absolute atomic E-state index is 10.4. The van der Waals surface area contributed by atoms with Crippen molar-refractivity contribution in [3.05, 3.63) is 0 Å². The minimum absolute atomic E-state index is 0. The van der Waals surface area contributed by atoms with E-state index < -0.39 is 23.9 Å². The van der Waals surface area contributed by atoms with Gasteiger partial charge in [-0.15, -0.1) is 12.4 Å². The van der Waals surface area contributed by atoms with Gasteiger partial charge in [-0.2, -0.15) is 0 Å². The summed E-state index contributed by atoms with van der Waals surface area (Å²) in [6.45, 7) is 0.256. The van der Waals surface area contributed by atoms with Crippen LogP contribution in [-0.2, 0) is 9.59 Å². The molecule has 76 valence electrons. The van der Waals surface area contributed by atoms with Crippen molar-refractivity contribution in [1.29, 1.82) is 0 Å². The summed E-state index contributed by atoms with van der Waals surface area (Å²) in [4.78, 5) is 20.9. The lowest BCUT2D eigenvalue weighted by Crippen LogP contribution is -2.45.